The van der Waals surface area contributed by atoms with Crippen molar-refractivity contribution < 1.29 is 0 Å². The summed E-state index contributed by atoms with van der Waals surface area (Å²) in [6.07, 6.45) is 2.41. The van der Waals surface area contributed by atoms with Crippen LogP contribution >= 0.6 is 0 Å². The Morgan fingerprint density at radius 2 is 1.18 bits per heavy atom. The van der Waals surface area contributed by atoms with E-state index in [-0.39, 0.29) is 0 Å². The van der Waals surface area contributed by atoms with Crippen LogP contribution in [0, 0.1) is 0 Å². The van der Waals surface area contributed by atoms with Gasteiger partial charge in [0.1, 0.15) is 11.4 Å². The van der Waals surface area contributed by atoms with Crippen molar-refractivity contribution in [1.29, 1.82) is 0 Å². The number of nitrogens with zero attached hydrogens (tertiary/aromatic N) is 7. The second-order valence-electron chi connectivity index (χ2n) is 10.9. The summed E-state index contributed by atoms with van der Waals surface area (Å²) in [6.45, 7) is 0. The summed E-state index contributed by atoms with van der Waals surface area (Å²) >= 11 is 0. The van der Waals surface area contributed by atoms with Crippen LogP contribution in [-0.2, 0) is 12.0 Å². The van der Waals surface area contributed by atoms with Crippen molar-refractivity contribution in [3.63, 3.8) is 0 Å². The minimum atomic E-state index is -0.831. The van der Waals surface area contributed by atoms with Crippen LogP contribution in [0.5, 0.6) is 0 Å². The summed E-state index contributed by atoms with van der Waals surface area (Å²) in [5.74, 6) is 1.54. The second kappa shape index (κ2) is 11.2. The smallest absolute Gasteiger partial charge is 0.184 e. The third-order valence-corrected chi connectivity index (χ3v) is 8.27. The lowest BCUT2D eigenvalue weighted by atomic mass is 9.77. The van der Waals surface area contributed by atoms with E-state index in [2.05, 4.69) is 141 Å². The highest BCUT2D eigenvalue weighted by Crippen LogP contribution is 2.43. The lowest BCUT2D eigenvalue weighted by molar-refractivity contribution is 0.451. The molecule has 3 heterocycles. The normalized spacial score (nSPS) is 11.6. The number of nitrogens with one attached hydrogen (secondary N) is 1. The van der Waals surface area contributed by atoms with Gasteiger partial charge in [-0.25, -0.2) is 9.67 Å². The zero-order chi connectivity index (χ0) is 30.1. The molecule has 8 rings (SSSR count). The number of aromatic nitrogens is 8. The highest BCUT2D eigenvalue weighted by molar-refractivity contribution is 5.81. The number of benzene rings is 5. The third-order valence-electron chi connectivity index (χ3n) is 8.27. The first kappa shape index (κ1) is 26.5. The maximum absolute atomic E-state index is 4.74. The van der Waals surface area contributed by atoms with Crippen LogP contribution in [0.3, 0.4) is 0 Å². The summed E-state index contributed by atoms with van der Waals surface area (Å²) < 4.78 is 3.66. The van der Waals surface area contributed by atoms with Gasteiger partial charge in [-0.15, -0.1) is 5.10 Å². The molecule has 0 spiro atoms. The summed E-state index contributed by atoms with van der Waals surface area (Å²) in [5, 5.41) is 21.2. The molecule has 0 bridgehead atoms. The lowest BCUT2D eigenvalue weighted by Crippen LogP contribution is -2.39. The molecule has 0 aliphatic rings. The summed E-state index contributed by atoms with van der Waals surface area (Å²) in [4.78, 5) is 4.62. The van der Waals surface area contributed by atoms with Gasteiger partial charge in [0.15, 0.2) is 11.5 Å². The molecular formula is C37H28N8. The number of fused-ring (bicyclic) bond motifs is 1. The molecule has 0 aliphatic carbocycles. The Morgan fingerprint density at radius 3 is 1.78 bits per heavy atom. The van der Waals surface area contributed by atoms with E-state index in [0.29, 0.717) is 12.2 Å². The minimum Gasteiger partial charge on any atom is -0.262 e. The number of tetrazole rings is 1. The Kier molecular flexibility index (Phi) is 6.57. The quantitative estimate of drug-likeness (QED) is 0.198. The number of hydrogen-bond acceptors (Lipinski definition) is 5. The molecule has 0 fully saturated rings. The number of hydrogen-bond donors (Lipinski definition) is 1. The van der Waals surface area contributed by atoms with E-state index in [1.54, 1.807) is 10.8 Å². The highest BCUT2D eigenvalue weighted by Gasteiger charge is 2.42. The van der Waals surface area contributed by atoms with E-state index in [1.165, 1.54) is 0 Å². The van der Waals surface area contributed by atoms with Crippen LogP contribution in [0.15, 0.2) is 152 Å². The lowest BCUT2D eigenvalue weighted by Gasteiger charge is -2.36. The van der Waals surface area contributed by atoms with Gasteiger partial charge in [0.2, 0.25) is 0 Å². The van der Waals surface area contributed by atoms with E-state index < -0.39 is 5.54 Å². The summed E-state index contributed by atoms with van der Waals surface area (Å²) in [6, 6.07) is 50.1. The van der Waals surface area contributed by atoms with Crippen molar-refractivity contribution in [2.45, 2.75) is 12.0 Å². The van der Waals surface area contributed by atoms with Crippen molar-refractivity contribution in [3.05, 3.63) is 180 Å². The minimum absolute atomic E-state index is 0.671. The predicted molar refractivity (Wildman–Crippen MR) is 173 cm³/mol. The topological polar surface area (TPSA) is 89.6 Å². The molecule has 8 nitrogen and oxygen atoms in total. The fourth-order valence-corrected chi connectivity index (χ4v) is 6.24. The fraction of sp³-hybridized carbons (Fsp3) is 0.0541. The Balaban J connectivity index is 1.26. The zero-order valence-corrected chi connectivity index (χ0v) is 24.3. The maximum atomic E-state index is 4.74. The predicted octanol–water partition coefficient (Wildman–Crippen LogP) is 6.81. The molecule has 0 saturated heterocycles. The van der Waals surface area contributed by atoms with E-state index in [1.807, 2.05) is 35.0 Å². The van der Waals surface area contributed by atoms with Gasteiger partial charge in [-0.3, -0.25) is 5.10 Å². The van der Waals surface area contributed by atoms with E-state index >= 15 is 0 Å². The third kappa shape index (κ3) is 4.60. The van der Waals surface area contributed by atoms with Gasteiger partial charge in [-0.2, -0.15) is 9.73 Å². The summed E-state index contributed by atoms with van der Waals surface area (Å²) in [7, 11) is 0. The van der Waals surface area contributed by atoms with Crippen LogP contribution in [-0.4, -0.2) is 40.0 Å². The first-order chi connectivity index (χ1) is 22.3. The molecule has 216 valence electrons. The molecule has 8 aromatic rings. The second-order valence-corrected chi connectivity index (χ2v) is 10.9. The number of H-pyrrole nitrogens is 1. The molecule has 0 atom stereocenters. The van der Waals surface area contributed by atoms with E-state index in [4.69, 9.17) is 5.21 Å². The zero-order valence-electron chi connectivity index (χ0n) is 24.3. The van der Waals surface area contributed by atoms with Crippen LogP contribution in [0.4, 0.5) is 0 Å². The molecule has 0 aliphatic heterocycles. The molecule has 3 aromatic heterocycles. The SMILES string of the molecule is c1ccc(C(c2ccccc2)(c2ccccc2)n2nnnc2-c2ccccc2-c2ccc(Cc3nc4ccnn4[nH]3)cc2)cc1. The molecule has 0 saturated carbocycles. The molecule has 5 aromatic carbocycles. The van der Waals surface area contributed by atoms with Crippen molar-refractivity contribution in [1.82, 2.24) is 40.0 Å². The fourth-order valence-electron chi connectivity index (χ4n) is 6.24. The average molecular weight is 585 g/mol. The van der Waals surface area contributed by atoms with Gasteiger partial charge in [0.05, 0.1) is 6.20 Å². The molecular weight excluding hydrogens is 556 g/mol. The van der Waals surface area contributed by atoms with E-state index in [0.717, 1.165) is 50.4 Å². The monoisotopic (exact) mass is 584 g/mol. The van der Waals surface area contributed by atoms with Crippen molar-refractivity contribution in [3.8, 4) is 22.5 Å². The molecule has 1 N–H and O–H groups in total. The molecule has 0 amide bonds. The standard InChI is InChI=1S/C37H28N8/c1-4-12-29(13-5-1)37(30-14-6-2-7-15-30,31-16-8-3-9-17-31)44-36(40-42-43-44)33-19-11-10-18-32(33)28-22-20-27(21-23-28)26-34-39-35-24-25-38-45(35)41-34/h1-25H,26H2,(H,39,41). The Hall–Kier alpha value is -6.15. The Labute approximate surface area is 259 Å². The molecule has 8 heteroatoms. The van der Waals surface area contributed by atoms with Gasteiger partial charge in [0.25, 0.3) is 0 Å². The molecule has 45 heavy (non-hydrogen) atoms. The Bertz CT molecular complexity index is 2060. The number of aromatic amines is 1. The first-order valence-electron chi connectivity index (χ1n) is 14.8. The van der Waals surface area contributed by atoms with Gasteiger partial charge < -0.3 is 0 Å². The molecule has 0 unspecified atom stereocenters. The first-order valence-corrected chi connectivity index (χ1v) is 14.8. The van der Waals surface area contributed by atoms with Crippen molar-refractivity contribution >= 4 is 5.65 Å². The number of rotatable bonds is 8. The average Bonchev–Trinajstić information content (AvgIpc) is 3.85. The molecule has 0 radical (unpaired) electrons. The van der Waals surface area contributed by atoms with Crippen LogP contribution in [0.25, 0.3) is 28.2 Å². The largest absolute Gasteiger partial charge is 0.262 e. The van der Waals surface area contributed by atoms with Crippen molar-refractivity contribution in [2.24, 2.45) is 0 Å². The van der Waals surface area contributed by atoms with Crippen molar-refractivity contribution in [2.75, 3.05) is 0 Å². The van der Waals surface area contributed by atoms with Crippen LogP contribution in [0.2, 0.25) is 0 Å². The van der Waals surface area contributed by atoms with Crippen LogP contribution < -0.4 is 0 Å². The maximum Gasteiger partial charge on any atom is 0.184 e. The van der Waals surface area contributed by atoms with Gasteiger partial charge in [-0.1, -0.05) is 140 Å². The van der Waals surface area contributed by atoms with Crippen LogP contribution in [0.1, 0.15) is 28.1 Å². The highest BCUT2D eigenvalue weighted by atomic mass is 15.6. The van der Waals surface area contributed by atoms with Gasteiger partial charge in [0, 0.05) is 18.1 Å². The van der Waals surface area contributed by atoms with Gasteiger partial charge >= 0.3 is 0 Å². The Morgan fingerprint density at radius 1 is 0.600 bits per heavy atom. The van der Waals surface area contributed by atoms with Gasteiger partial charge in [-0.05, 0) is 43.8 Å². The van der Waals surface area contributed by atoms with E-state index in [9.17, 15) is 0 Å². The summed E-state index contributed by atoms with van der Waals surface area (Å²) in [5.41, 5.74) is 7.36.